The molecule has 1 fully saturated rings. The van der Waals surface area contributed by atoms with E-state index < -0.39 is 35.2 Å². The van der Waals surface area contributed by atoms with Crippen molar-refractivity contribution < 1.29 is 33.9 Å². The lowest BCUT2D eigenvalue weighted by molar-refractivity contribution is -0.150. The van der Waals surface area contributed by atoms with Crippen molar-refractivity contribution in [2.45, 2.75) is 25.3 Å². The third-order valence-corrected chi connectivity index (χ3v) is 6.02. The van der Waals surface area contributed by atoms with Crippen LogP contribution in [0.1, 0.15) is 19.7 Å². The molecule has 13 nitrogen and oxygen atoms in total. The Bertz CT molecular complexity index is 991. The van der Waals surface area contributed by atoms with Gasteiger partial charge < -0.3 is 25.7 Å². The van der Waals surface area contributed by atoms with Crippen LogP contribution in [0.4, 0.5) is 5.13 Å². The van der Waals surface area contributed by atoms with Crippen LogP contribution in [0.3, 0.4) is 0 Å². The number of thioether (sulfide) groups is 1. The summed E-state index contributed by atoms with van der Waals surface area (Å²) in [5.41, 5.74) is 5.34. The molecular formula is C16H18N6O7S2. The predicted octanol–water partition coefficient (Wildman–Crippen LogP) is -0.837. The van der Waals surface area contributed by atoms with Crippen LogP contribution in [0.2, 0.25) is 0 Å². The number of carboxylic acid groups (broad SMARTS) is 1. The average molecular weight is 470 g/mol. The normalized spacial score (nSPS) is 20.6. The zero-order valence-corrected chi connectivity index (χ0v) is 18.0. The molecule has 2 aliphatic heterocycles. The topological polar surface area (TPSA) is 186 Å². The molecule has 166 valence electrons. The molecule has 1 aromatic rings. The van der Waals surface area contributed by atoms with Crippen LogP contribution in [-0.4, -0.2) is 79.2 Å². The second kappa shape index (κ2) is 9.30. The van der Waals surface area contributed by atoms with E-state index in [1.165, 1.54) is 18.7 Å². The largest absolute Gasteiger partial charge is 0.477 e. The van der Waals surface area contributed by atoms with Gasteiger partial charge in [0.15, 0.2) is 5.13 Å². The number of nitrogens with two attached hydrogens (primary N) is 1. The Kier molecular flexibility index (Phi) is 6.74. The second-order valence-electron chi connectivity index (χ2n) is 6.21. The number of hydrogen-bond donors (Lipinski definition) is 3. The Morgan fingerprint density at radius 2 is 2.16 bits per heavy atom. The van der Waals surface area contributed by atoms with Gasteiger partial charge in [-0.3, -0.25) is 19.3 Å². The molecule has 4 N–H and O–H groups in total. The lowest BCUT2D eigenvalue weighted by Gasteiger charge is -2.49. The molecule has 2 amide bonds. The van der Waals surface area contributed by atoms with E-state index in [0.717, 1.165) is 16.4 Å². The highest BCUT2D eigenvalue weighted by atomic mass is 32.2. The van der Waals surface area contributed by atoms with E-state index in [4.69, 9.17) is 15.3 Å². The van der Waals surface area contributed by atoms with Gasteiger partial charge in [-0.1, -0.05) is 5.16 Å². The summed E-state index contributed by atoms with van der Waals surface area (Å²) in [7, 11) is 0. The van der Waals surface area contributed by atoms with Gasteiger partial charge in [-0.05, 0) is 6.92 Å². The number of nitrogens with one attached hydrogen (secondary N) is 1. The lowest BCUT2D eigenvalue weighted by atomic mass is 10.0. The number of ether oxygens (including phenoxy) is 1. The van der Waals surface area contributed by atoms with Crippen LogP contribution in [0.5, 0.6) is 0 Å². The van der Waals surface area contributed by atoms with E-state index in [2.05, 4.69) is 19.8 Å². The number of anilines is 1. The van der Waals surface area contributed by atoms with Crippen molar-refractivity contribution in [3.05, 3.63) is 17.1 Å². The van der Waals surface area contributed by atoms with Gasteiger partial charge in [-0.2, -0.15) is 9.36 Å². The molecule has 0 aliphatic carbocycles. The Morgan fingerprint density at radius 3 is 2.74 bits per heavy atom. The first-order valence-corrected chi connectivity index (χ1v) is 10.7. The summed E-state index contributed by atoms with van der Waals surface area (Å²) in [6.45, 7) is 2.82. The van der Waals surface area contributed by atoms with Crippen molar-refractivity contribution >= 4 is 57.9 Å². The van der Waals surface area contributed by atoms with E-state index in [0.29, 0.717) is 5.57 Å². The molecule has 31 heavy (non-hydrogen) atoms. The average Bonchev–Trinajstić information content (AvgIpc) is 3.15. The van der Waals surface area contributed by atoms with Gasteiger partial charge in [-0.15, -0.1) is 11.8 Å². The molecule has 1 saturated heterocycles. The number of nitrogen functional groups attached to an aromatic ring is 1. The van der Waals surface area contributed by atoms with E-state index in [-0.39, 0.29) is 41.3 Å². The zero-order chi connectivity index (χ0) is 22.7. The van der Waals surface area contributed by atoms with Gasteiger partial charge in [-0.25, -0.2) is 4.79 Å². The smallest absolute Gasteiger partial charge is 0.352 e. The fourth-order valence-corrected chi connectivity index (χ4v) is 4.60. The molecule has 3 rings (SSSR count). The summed E-state index contributed by atoms with van der Waals surface area (Å²) in [4.78, 5) is 58.1. The third kappa shape index (κ3) is 4.61. The summed E-state index contributed by atoms with van der Waals surface area (Å²) in [6, 6.07) is -0.995. The number of fused-ring (bicyclic) bond motifs is 1. The molecule has 0 unspecified atom stereocenters. The minimum Gasteiger partial charge on any atom is -0.477 e. The number of carboxylic acids is 1. The van der Waals surface area contributed by atoms with Gasteiger partial charge in [0.1, 0.15) is 30.3 Å². The number of carbonyl (C=O) groups excluding carboxylic acids is 3. The first-order chi connectivity index (χ1) is 14.7. The molecule has 2 aliphatic rings. The highest BCUT2D eigenvalue weighted by molar-refractivity contribution is 8.00. The molecule has 2 atom stereocenters. The van der Waals surface area contributed by atoms with Crippen molar-refractivity contribution in [3.63, 3.8) is 0 Å². The number of nitrogens with zero attached hydrogens (tertiary/aromatic N) is 4. The zero-order valence-electron chi connectivity index (χ0n) is 16.4. The summed E-state index contributed by atoms with van der Waals surface area (Å²) in [6.07, 6.45) is 0. The third-order valence-electron chi connectivity index (χ3n) is 4.14. The maximum Gasteiger partial charge on any atom is 0.352 e. The monoisotopic (exact) mass is 470 g/mol. The Hall–Kier alpha value is -3.20. The van der Waals surface area contributed by atoms with Gasteiger partial charge in [0.05, 0.1) is 0 Å². The molecule has 0 radical (unpaired) electrons. The molecule has 0 aromatic carbocycles. The lowest BCUT2D eigenvalue weighted by Crippen LogP contribution is -2.71. The van der Waals surface area contributed by atoms with Crippen LogP contribution < -0.4 is 11.1 Å². The molecule has 0 saturated carbocycles. The molecule has 15 heteroatoms. The Labute approximate surface area is 183 Å². The number of esters is 1. The second-order valence-corrected chi connectivity index (χ2v) is 8.10. The maximum absolute atomic E-state index is 12.7. The number of oxime groups is 1. The quantitative estimate of drug-likeness (QED) is 0.186. The van der Waals surface area contributed by atoms with Crippen molar-refractivity contribution in [1.29, 1.82) is 0 Å². The van der Waals surface area contributed by atoms with Crippen molar-refractivity contribution in [1.82, 2.24) is 19.6 Å². The number of hydrogen-bond acceptors (Lipinski definition) is 12. The van der Waals surface area contributed by atoms with Crippen LogP contribution in [0, 0.1) is 0 Å². The number of amides is 2. The number of carbonyl (C=O) groups is 4. The fraction of sp³-hybridized carbons (Fsp3) is 0.438. The summed E-state index contributed by atoms with van der Waals surface area (Å²) in [5, 5.41) is 15.3. The maximum atomic E-state index is 12.7. The molecule has 0 spiro atoms. The number of β-lactam (4-membered cyclic amide) rings is 1. The summed E-state index contributed by atoms with van der Waals surface area (Å²) < 4.78 is 8.81. The van der Waals surface area contributed by atoms with Crippen molar-refractivity contribution in [2.75, 3.05) is 24.7 Å². The first-order valence-electron chi connectivity index (χ1n) is 8.88. The molecule has 0 bridgehead atoms. The highest BCUT2D eigenvalue weighted by Crippen LogP contribution is 2.40. The highest BCUT2D eigenvalue weighted by Gasteiger charge is 2.54. The van der Waals surface area contributed by atoms with E-state index in [9.17, 15) is 24.3 Å². The minimum absolute atomic E-state index is 0.0526. The predicted molar refractivity (Wildman–Crippen MR) is 109 cm³/mol. The van der Waals surface area contributed by atoms with Crippen LogP contribution in [-0.2, 0) is 28.8 Å². The van der Waals surface area contributed by atoms with Crippen LogP contribution in [0.25, 0.3) is 0 Å². The van der Waals surface area contributed by atoms with E-state index in [1.54, 1.807) is 6.92 Å². The van der Waals surface area contributed by atoms with E-state index >= 15 is 0 Å². The molecular weight excluding hydrogens is 452 g/mol. The standard InChI is InChI=1S/C16H18N6O7S2/c1-3-29-20-8(11-19-16(17)31-21-11)12(24)18-9-13(25)22-10(15(26)27)7(4-28-6(2)23)5-30-14(9)22/h9,14H,3-5H2,1-2H3,(H,18,24)(H,26,27)(H2,17,19,21)/t9-,14-/m1/s1. The van der Waals surface area contributed by atoms with Crippen molar-refractivity contribution in [2.24, 2.45) is 5.16 Å². The number of aliphatic carboxylic acids is 1. The Morgan fingerprint density at radius 1 is 1.42 bits per heavy atom. The van der Waals surface area contributed by atoms with Crippen LogP contribution in [0.15, 0.2) is 16.4 Å². The van der Waals surface area contributed by atoms with Gasteiger partial charge in [0.2, 0.25) is 11.5 Å². The van der Waals surface area contributed by atoms with Crippen molar-refractivity contribution in [3.8, 4) is 0 Å². The first kappa shape index (κ1) is 22.5. The van der Waals surface area contributed by atoms with Gasteiger partial charge in [0, 0.05) is 29.8 Å². The fourth-order valence-electron chi connectivity index (χ4n) is 2.84. The summed E-state index contributed by atoms with van der Waals surface area (Å²) in [5.74, 6) is -3.13. The molecule has 1 aromatic heterocycles. The number of rotatable bonds is 8. The number of aromatic nitrogens is 2. The van der Waals surface area contributed by atoms with Gasteiger partial charge in [0.25, 0.3) is 11.8 Å². The molecule has 3 heterocycles. The Balaban J connectivity index is 1.78. The van der Waals surface area contributed by atoms with E-state index in [1.807, 2.05) is 0 Å². The van der Waals surface area contributed by atoms with Gasteiger partial charge >= 0.3 is 11.9 Å². The summed E-state index contributed by atoms with van der Waals surface area (Å²) >= 11 is 2.10. The van der Waals surface area contributed by atoms with Crippen LogP contribution >= 0.6 is 23.3 Å². The SMILES string of the molecule is CCON=C(C(=O)N[C@@H]1C(=O)N2C(C(=O)O)=C(COC(C)=O)CS[C@H]12)c1nsc(N)n1. The minimum atomic E-state index is -1.33.